The van der Waals surface area contributed by atoms with Crippen LogP contribution in [0.5, 0.6) is 0 Å². The fourth-order valence-electron chi connectivity index (χ4n) is 3.15. The van der Waals surface area contributed by atoms with Gasteiger partial charge in [-0.1, -0.05) is 25.1 Å². The van der Waals surface area contributed by atoms with E-state index in [0.717, 1.165) is 56.1 Å². The van der Waals surface area contributed by atoms with Gasteiger partial charge < -0.3 is 15.0 Å². The zero-order valence-corrected chi connectivity index (χ0v) is 18.0. The number of allylic oxidation sites excluding steroid dienone is 3. The summed E-state index contributed by atoms with van der Waals surface area (Å²) in [6, 6.07) is 0. The van der Waals surface area contributed by atoms with Gasteiger partial charge in [0, 0.05) is 11.1 Å². The minimum absolute atomic E-state index is 0.402. The van der Waals surface area contributed by atoms with Crippen LogP contribution in [-0.2, 0) is 4.74 Å². The first-order chi connectivity index (χ1) is 13.4. The van der Waals surface area contributed by atoms with Crippen LogP contribution >= 0.6 is 11.3 Å². The van der Waals surface area contributed by atoms with E-state index in [0.29, 0.717) is 17.4 Å². The summed E-state index contributed by atoms with van der Waals surface area (Å²) >= 11 is 1.48. The molecule has 0 saturated carbocycles. The number of nitrogen functional groups attached to an aromatic ring is 1. The summed E-state index contributed by atoms with van der Waals surface area (Å²) in [5.74, 6) is 1.64. The first kappa shape index (κ1) is 20.1. The van der Waals surface area contributed by atoms with Crippen LogP contribution in [-0.4, -0.2) is 22.2 Å². The van der Waals surface area contributed by atoms with Crippen molar-refractivity contribution in [2.24, 2.45) is 0 Å². The summed E-state index contributed by atoms with van der Waals surface area (Å²) in [4.78, 5) is 10.9. The fourth-order valence-corrected chi connectivity index (χ4v) is 4.27. The molecule has 0 saturated heterocycles. The van der Waals surface area contributed by atoms with E-state index in [2.05, 4.69) is 42.8 Å². The second kappa shape index (κ2) is 8.14. The number of pyridine rings is 1. The van der Waals surface area contributed by atoms with Gasteiger partial charge in [-0.3, -0.25) is 0 Å². The third kappa shape index (κ3) is 3.42. The molecule has 0 aliphatic heterocycles. The number of anilines is 1. The number of rotatable bonds is 6. The third-order valence-corrected chi connectivity index (χ3v) is 5.91. The molecular formula is C21H26N4O2S. The number of thiophene rings is 1. The largest absolute Gasteiger partial charge is 0.496 e. The highest BCUT2D eigenvalue weighted by Crippen LogP contribution is 2.42. The highest BCUT2D eigenvalue weighted by molar-refractivity contribution is 7.22. The van der Waals surface area contributed by atoms with E-state index in [-0.39, 0.29) is 0 Å². The van der Waals surface area contributed by atoms with Crippen LogP contribution < -0.4 is 5.73 Å². The molecule has 0 unspecified atom stereocenters. The Bertz CT molecular complexity index is 1080. The maximum absolute atomic E-state index is 6.46. The summed E-state index contributed by atoms with van der Waals surface area (Å²) in [6.45, 7) is 10.3. The van der Waals surface area contributed by atoms with Gasteiger partial charge in [0.1, 0.15) is 15.5 Å². The molecule has 6 nitrogen and oxygen atoms in total. The molecule has 3 heterocycles. The maximum atomic E-state index is 6.46. The second-order valence-electron chi connectivity index (χ2n) is 6.60. The van der Waals surface area contributed by atoms with E-state index >= 15 is 0 Å². The van der Waals surface area contributed by atoms with Crippen LogP contribution in [0.4, 0.5) is 5.69 Å². The normalized spacial score (nSPS) is 12.8. The lowest BCUT2D eigenvalue weighted by Crippen LogP contribution is -1.96. The molecule has 3 aromatic heterocycles. The number of ether oxygens (including phenoxy) is 1. The van der Waals surface area contributed by atoms with Crippen LogP contribution in [0.15, 0.2) is 22.4 Å². The Balaban J connectivity index is 2.11. The predicted octanol–water partition coefficient (Wildman–Crippen LogP) is 5.59. The number of methoxy groups -OCH3 is 1. The molecule has 0 fully saturated rings. The lowest BCUT2D eigenvalue weighted by molar-refractivity contribution is 0.308. The van der Waals surface area contributed by atoms with Crippen molar-refractivity contribution in [2.75, 3.05) is 12.8 Å². The average molecular weight is 399 g/mol. The summed E-state index contributed by atoms with van der Waals surface area (Å²) < 4.78 is 11.1. The fraction of sp³-hybridized carbons (Fsp3) is 0.381. The van der Waals surface area contributed by atoms with Crippen molar-refractivity contribution in [3.63, 3.8) is 0 Å². The number of fused-ring (bicyclic) bond motifs is 1. The molecule has 0 amide bonds. The van der Waals surface area contributed by atoms with E-state index in [9.17, 15) is 0 Å². The summed E-state index contributed by atoms with van der Waals surface area (Å²) in [5.41, 5.74) is 11.2. The first-order valence-corrected chi connectivity index (χ1v) is 10.2. The van der Waals surface area contributed by atoms with Crippen molar-refractivity contribution >= 4 is 32.8 Å². The molecule has 0 spiro atoms. The van der Waals surface area contributed by atoms with Crippen LogP contribution in [0.1, 0.15) is 49.3 Å². The molecular weight excluding hydrogens is 372 g/mol. The summed E-state index contributed by atoms with van der Waals surface area (Å²) in [6.07, 6.45) is 5.72. The summed E-state index contributed by atoms with van der Waals surface area (Å²) in [7, 11) is 1.65. The van der Waals surface area contributed by atoms with Gasteiger partial charge in [0.2, 0.25) is 5.82 Å². The first-order valence-electron chi connectivity index (χ1n) is 9.37. The van der Waals surface area contributed by atoms with Crippen molar-refractivity contribution in [1.29, 1.82) is 0 Å². The quantitative estimate of drug-likeness (QED) is 0.430. The smallest absolute Gasteiger partial charge is 0.270 e. The minimum Gasteiger partial charge on any atom is -0.496 e. The van der Waals surface area contributed by atoms with E-state index < -0.39 is 0 Å². The Hall–Kier alpha value is -2.67. The lowest BCUT2D eigenvalue weighted by Gasteiger charge is -2.07. The summed E-state index contributed by atoms with van der Waals surface area (Å²) in [5, 5.41) is 5.16. The Morgan fingerprint density at radius 2 is 1.82 bits per heavy atom. The molecule has 0 atom stereocenters. The van der Waals surface area contributed by atoms with Crippen molar-refractivity contribution < 1.29 is 9.26 Å². The van der Waals surface area contributed by atoms with Gasteiger partial charge in [-0.05, 0) is 50.8 Å². The van der Waals surface area contributed by atoms with Crippen molar-refractivity contribution in [3.05, 3.63) is 40.6 Å². The van der Waals surface area contributed by atoms with Gasteiger partial charge in [-0.15, -0.1) is 11.3 Å². The highest BCUT2D eigenvalue weighted by Gasteiger charge is 2.22. The molecule has 148 valence electrons. The predicted molar refractivity (Wildman–Crippen MR) is 115 cm³/mol. The Morgan fingerprint density at radius 3 is 2.46 bits per heavy atom. The molecule has 28 heavy (non-hydrogen) atoms. The van der Waals surface area contributed by atoms with Gasteiger partial charge in [0.05, 0.1) is 18.4 Å². The van der Waals surface area contributed by atoms with E-state index in [1.165, 1.54) is 11.3 Å². The number of nitrogens with two attached hydrogens (primary N) is 1. The van der Waals surface area contributed by atoms with Crippen LogP contribution in [0.2, 0.25) is 0 Å². The molecule has 0 aromatic carbocycles. The number of hydrogen-bond acceptors (Lipinski definition) is 7. The molecule has 2 N–H and O–H groups in total. The SMILES string of the molecule is CC/C=C(\C(=C/CC)OC)c1noc(-c2sc3nc(C)c(C)c(C)c3c2N)n1. The van der Waals surface area contributed by atoms with Crippen LogP contribution in [0, 0.1) is 20.8 Å². The van der Waals surface area contributed by atoms with E-state index in [1.807, 2.05) is 19.1 Å². The number of aryl methyl sites for hydroxylation is 2. The average Bonchev–Trinajstić information content (AvgIpc) is 3.27. The van der Waals surface area contributed by atoms with Gasteiger partial charge in [-0.2, -0.15) is 4.98 Å². The molecule has 3 rings (SSSR count). The van der Waals surface area contributed by atoms with Gasteiger partial charge >= 0.3 is 0 Å². The van der Waals surface area contributed by atoms with Crippen LogP contribution in [0.25, 0.3) is 26.6 Å². The maximum Gasteiger partial charge on any atom is 0.270 e. The Kier molecular flexibility index (Phi) is 5.84. The van der Waals surface area contributed by atoms with Gasteiger partial charge in [0.15, 0.2) is 0 Å². The van der Waals surface area contributed by atoms with Gasteiger partial charge in [-0.25, -0.2) is 4.98 Å². The zero-order chi connectivity index (χ0) is 20.4. The molecule has 0 radical (unpaired) electrons. The van der Waals surface area contributed by atoms with Crippen molar-refractivity contribution in [2.45, 2.75) is 47.5 Å². The third-order valence-electron chi connectivity index (χ3n) is 4.82. The lowest BCUT2D eigenvalue weighted by atomic mass is 10.1. The monoisotopic (exact) mass is 398 g/mol. The Morgan fingerprint density at radius 1 is 1.11 bits per heavy atom. The second-order valence-corrected chi connectivity index (χ2v) is 7.60. The molecule has 3 aromatic rings. The van der Waals surface area contributed by atoms with Crippen molar-refractivity contribution in [3.8, 4) is 10.8 Å². The van der Waals surface area contributed by atoms with E-state index in [1.54, 1.807) is 7.11 Å². The van der Waals surface area contributed by atoms with Crippen molar-refractivity contribution in [1.82, 2.24) is 15.1 Å². The molecule has 7 heteroatoms. The van der Waals surface area contributed by atoms with E-state index in [4.69, 9.17) is 15.0 Å². The zero-order valence-electron chi connectivity index (χ0n) is 17.2. The van der Waals surface area contributed by atoms with Crippen LogP contribution in [0.3, 0.4) is 0 Å². The minimum atomic E-state index is 0.402. The highest BCUT2D eigenvalue weighted by atomic mass is 32.1. The topological polar surface area (TPSA) is 87.1 Å². The molecule has 0 aliphatic rings. The standard InChI is InChI=1S/C21H26N4O2S/c1-7-9-14(15(26-6)10-8-2)19-24-20(27-25-19)18-17(22)16-12(4)11(3)13(5)23-21(16)28-18/h9-10H,7-8,22H2,1-6H3/b14-9+,15-10+. The number of nitrogens with zero attached hydrogens (tertiary/aromatic N) is 3. The molecule has 0 bridgehead atoms. The molecule has 0 aliphatic carbocycles. The number of hydrogen-bond donors (Lipinski definition) is 1. The Labute approximate surface area is 169 Å². The number of aromatic nitrogens is 3. The van der Waals surface area contributed by atoms with Gasteiger partial charge in [0.25, 0.3) is 5.89 Å².